The van der Waals surface area contributed by atoms with E-state index >= 15 is 0 Å². The average molecular weight is 465 g/mol. The average Bonchev–Trinajstić information content (AvgIpc) is 3.18. The van der Waals surface area contributed by atoms with Gasteiger partial charge in [0, 0.05) is 5.39 Å². The van der Waals surface area contributed by atoms with E-state index in [4.69, 9.17) is 9.73 Å². The summed E-state index contributed by atoms with van der Waals surface area (Å²) in [7, 11) is 1.67. The lowest BCUT2D eigenvalue weighted by atomic mass is 10.0. The first-order valence-corrected chi connectivity index (χ1v) is 11.9. The number of nitrogens with zero attached hydrogens (tertiary/aromatic N) is 2. The number of methoxy groups -OCH3 is 1. The highest BCUT2D eigenvalue weighted by Gasteiger charge is 2.33. The lowest BCUT2D eigenvalue weighted by Crippen LogP contribution is -2.28. The molecule has 5 heteroatoms. The molecule has 0 aromatic heterocycles. The summed E-state index contributed by atoms with van der Waals surface area (Å²) in [6.07, 6.45) is 1.97. The van der Waals surface area contributed by atoms with Crippen LogP contribution in [0.25, 0.3) is 16.8 Å². The Balaban J connectivity index is 1.52. The number of carbonyl (C=O) groups excluding carboxylic acids is 1. The quantitative estimate of drug-likeness (QED) is 0.305. The molecule has 4 aromatic carbocycles. The predicted octanol–water partition coefficient (Wildman–Crippen LogP) is 6.52. The van der Waals surface area contributed by atoms with E-state index in [0.29, 0.717) is 18.0 Å². The molecule has 1 aliphatic heterocycles. The Morgan fingerprint density at radius 3 is 2.18 bits per heavy atom. The maximum absolute atomic E-state index is 13.5. The molecule has 4 aromatic rings. The molecular formula is C29H24N2O2S. The van der Waals surface area contributed by atoms with E-state index in [1.807, 2.05) is 97.1 Å². The van der Waals surface area contributed by atoms with Gasteiger partial charge in [-0.2, -0.15) is 0 Å². The van der Waals surface area contributed by atoms with Crippen LogP contribution in [0.2, 0.25) is 0 Å². The summed E-state index contributed by atoms with van der Waals surface area (Å²) in [6, 6.07) is 32.2. The number of amidine groups is 1. The Morgan fingerprint density at radius 2 is 1.47 bits per heavy atom. The van der Waals surface area contributed by atoms with E-state index in [-0.39, 0.29) is 5.91 Å². The second kappa shape index (κ2) is 9.98. The summed E-state index contributed by atoms with van der Waals surface area (Å²) in [6.45, 7) is 1.02. The minimum absolute atomic E-state index is 0.0273. The molecule has 0 saturated carbocycles. The van der Waals surface area contributed by atoms with Crippen LogP contribution < -0.4 is 4.74 Å². The molecule has 1 saturated heterocycles. The van der Waals surface area contributed by atoms with Gasteiger partial charge in [-0.15, -0.1) is 0 Å². The van der Waals surface area contributed by atoms with E-state index in [1.165, 1.54) is 11.8 Å². The van der Waals surface area contributed by atoms with Crippen LogP contribution in [-0.2, 0) is 17.9 Å². The third-order valence-corrected chi connectivity index (χ3v) is 6.78. The van der Waals surface area contributed by atoms with Crippen molar-refractivity contribution >= 4 is 39.7 Å². The number of hydrogen-bond donors (Lipinski definition) is 0. The number of carbonyl (C=O) groups is 1. The van der Waals surface area contributed by atoms with Crippen LogP contribution in [0.3, 0.4) is 0 Å². The summed E-state index contributed by atoms with van der Waals surface area (Å²) in [5, 5.41) is 2.79. The number of amides is 1. The molecule has 1 amide bonds. The van der Waals surface area contributed by atoms with Crippen LogP contribution in [0, 0.1) is 0 Å². The number of fused-ring (bicyclic) bond motifs is 1. The van der Waals surface area contributed by atoms with Crippen molar-refractivity contribution in [3.05, 3.63) is 119 Å². The standard InChI is InChI=1S/C29H24N2O2S/c1-33-26-17-16-23(24-14-8-9-15-25(24)26)18-27-28(32)31(20-22-12-6-3-7-13-22)29(34-27)30-19-21-10-4-2-5-11-21/h2-18H,19-20H2,1H3. The van der Waals surface area contributed by atoms with Crippen molar-refractivity contribution in [2.75, 3.05) is 7.11 Å². The number of ether oxygens (including phenoxy) is 1. The molecule has 0 atom stereocenters. The summed E-state index contributed by atoms with van der Waals surface area (Å²) in [4.78, 5) is 20.8. The largest absolute Gasteiger partial charge is 0.496 e. The van der Waals surface area contributed by atoms with Crippen LogP contribution in [0.15, 0.2) is 107 Å². The van der Waals surface area contributed by atoms with Crippen molar-refractivity contribution in [3.8, 4) is 5.75 Å². The third kappa shape index (κ3) is 4.61. The molecular weight excluding hydrogens is 440 g/mol. The van der Waals surface area contributed by atoms with Gasteiger partial charge in [0.2, 0.25) is 0 Å². The second-order valence-corrected chi connectivity index (χ2v) is 8.98. The van der Waals surface area contributed by atoms with Crippen molar-refractivity contribution in [1.29, 1.82) is 0 Å². The Morgan fingerprint density at radius 1 is 0.824 bits per heavy atom. The minimum Gasteiger partial charge on any atom is -0.496 e. The minimum atomic E-state index is -0.0273. The van der Waals surface area contributed by atoms with Crippen molar-refractivity contribution < 1.29 is 9.53 Å². The van der Waals surface area contributed by atoms with Gasteiger partial charge in [0.15, 0.2) is 5.17 Å². The predicted molar refractivity (Wildman–Crippen MR) is 141 cm³/mol. The topological polar surface area (TPSA) is 41.9 Å². The van der Waals surface area contributed by atoms with Crippen LogP contribution in [-0.4, -0.2) is 23.1 Å². The summed E-state index contributed by atoms with van der Waals surface area (Å²) in [5.74, 6) is 0.791. The van der Waals surface area contributed by atoms with Crippen LogP contribution >= 0.6 is 11.8 Å². The molecule has 1 fully saturated rings. The van der Waals surface area contributed by atoms with E-state index in [9.17, 15) is 4.79 Å². The van der Waals surface area contributed by atoms with E-state index < -0.39 is 0 Å². The number of rotatable bonds is 6. The first-order valence-electron chi connectivity index (χ1n) is 11.1. The molecule has 0 unspecified atom stereocenters. The van der Waals surface area contributed by atoms with Gasteiger partial charge in [-0.3, -0.25) is 14.7 Å². The van der Waals surface area contributed by atoms with Crippen molar-refractivity contribution in [1.82, 2.24) is 4.90 Å². The zero-order valence-electron chi connectivity index (χ0n) is 18.8. The highest BCUT2D eigenvalue weighted by atomic mass is 32.2. The van der Waals surface area contributed by atoms with E-state index in [1.54, 1.807) is 12.0 Å². The van der Waals surface area contributed by atoms with E-state index in [0.717, 1.165) is 38.4 Å². The molecule has 0 N–H and O–H groups in total. The van der Waals surface area contributed by atoms with Gasteiger partial charge in [-0.25, -0.2) is 0 Å². The molecule has 168 valence electrons. The smallest absolute Gasteiger partial charge is 0.267 e. The van der Waals surface area contributed by atoms with Gasteiger partial charge < -0.3 is 4.74 Å². The highest BCUT2D eigenvalue weighted by molar-refractivity contribution is 8.18. The van der Waals surface area contributed by atoms with Gasteiger partial charge >= 0.3 is 0 Å². The molecule has 0 radical (unpaired) electrons. The highest BCUT2D eigenvalue weighted by Crippen LogP contribution is 2.36. The molecule has 34 heavy (non-hydrogen) atoms. The second-order valence-electron chi connectivity index (χ2n) is 7.97. The fourth-order valence-electron chi connectivity index (χ4n) is 4.01. The first-order chi connectivity index (χ1) is 16.7. The van der Waals surface area contributed by atoms with Crippen LogP contribution in [0.1, 0.15) is 16.7 Å². The normalized spacial score (nSPS) is 16.0. The fraction of sp³-hybridized carbons (Fsp3) is 0.103. The third-order valence-electron chi connectivity index (χ3n) is 5.74. The van der Waals surface area contributed by atoms with Crippen molar-refractivity contribution in [2.45, 2.75) is 13.1 Å². The Hall–Kier alpha value is -3.83. The van der Waals surface area contributed by atoms with Gasteiger partial charge in [0.05, 0.1) is 25.1 Å². The first kappa shape index (κ1) is 22.0. The number of aliphatic imine (C=N–C) groups is 1. The van der Waals surface area contributed by atoms with Crippen molar-refractivity contribution in [3.63, 3.8) is 0 Å². The van der Waals surface area contributed by atoms with E-state index in [2.05, 4.69) is 6.07 Å². The van der Waals surface area contributed by atoms with Gasteiger partial charge in [-0.1, -0.05) is 91.0 Å². The Bertz CT molecular complexity index is 1380. The lowest BCUT2D eigenvalue weighted by molar-refractivity contribution is -0.122. The number of thioether (sulfide) groups is 1. The molecule has 1 heterocycles. The molecule has 0 aliphatic carbocycles. The zero-order valence-corrected chi connectivity index (χ0v) is 19.7. The lowest BCUT2D eigenvalue weighted by Gasteiger charge is -2.15. The maximum Gasteiger partial charge on any atom is 0.267 e. The van der Waals surface area contributed by atoms with Gasteiger partial charge in [-0.05, 0) is 46.0 Å². The SMILES string of the molecule is COc1ccc(C=C2SC(=NCc3ccccc3)N(Cc3ccccc3)C2=O)c2ccccc12. The monoisotopic (exact) mass is 464 g/mol. The van der Waals surface area contributed by atoms with Crippen LogP contribution in [0.5, 0.6) is 5.75 Å². The fourth-order valence-corrected chi connectivity index (χ4v) is 4.98. The summed E-state index contributed by atoms with van der Waals surface area (Å²) in [5.41, 5.74) is 3.16. The summed E-state index contributed by atoms with van der Waals surface area (Å²) >= 11 is 1.43. The summed E-state index contributed by atoms with van der Waals surface area (Å²) < 4.78 is 5.53. The Kier molecular flexibility index (Phi) is 6.45. The number of benzene rings is 4. The Labute approximate surface area is 203 Å². The van der Waals surface area contributed by atoms with Crippen LogP contribution in [0.4, 0.5) is 0 Å². The number of hydrogen-bond acceptors (Lipinski definition) is 4. The zero-order chi connectivity index (χ0) is 23.3. The molecule has 0 spiro atoms. The van der Waals surface area contributed by atoms with Gasteiger partial charge in [0.1, 0.15) is 5.75 Å². The van der Waals surface area contributed by atoms with Crippen molar-refractivity contribution in [2.24, 2.45) is 4.99 Å². The molecule has 5 rings (SSSR count). The van der Waals surface area contributed by atoms with Gasteiger partial charge in [0.25, 0.3) is 5.91 Å². The molecule has 1 aliphatic rings. The molecule has 4 nitrogen and oxygen atoms in total. The molecule has 0 bridgehead atoms. The maximum atomic E-state index is 13.5.